The Morgan fingerprint density at radius 1 is 1.50 bits per heavy atom. The predicted molar refractivity (Wildman–Crippen MR) is 72.4 cm³/mol. The number of rotatable bonds is 4. The van der Waals surface area contributed by atoms with Gasteiger partial charge in [0.2, 0.25) is 5.91 Å². The van der Waals surface area contributed by atoms with Gasteiger partial charge in [0.1, 0.15) is 0 Å². The summed E-state index contributed by atoms with van der Waals surface area (Å²) >= 11 is 1.19. The van der Waals surface area contributed by atoms with Gasteiger partial charge in [-0.05, 0) is 6.92 Å². The number of likely N-dealkylation sites (tertiary alicyclic amines) is 1. The summed E-state index contributed by atoms with van der Waals surface area (Å²) in [4.78, 5) is 28.1. The molecular weight excluding hydrogens is 323 g/mol. The van der Waals surface area contributed by atoms with Crippen LogP contribution in [-0.2, 0) is 9.59 Å². The summed E-state index contributed by atoms with van der Waals surface area (Å²) in [6, 6.07) is -0.877. The fourth-order valence-corrected chi connectivity index (χ4v) is 2.93. The van der Waals surface area contributed by atoms with Crippen LogP contribution in [0.5, 0.6) is 0 Å². The van der Waals surface area contributed by atoms with Gasteiger partial charge in [0.15, 0.2) is 5.13 Å². The third kappa shape index (κ3) is 3.55. The quantitative estimate of drug-likeness (QED) is 0.873. The SMILES string of the molecule is CC(C(=O)Nc1nccs1)N1C[C@@H](C(F)(F)F)[C@H](C(=O)O)C1. The van der Waals surface area contributed by atoms with Crippen LogP contribution in [0.2, 0.25) is 0 Å². The first kappa shape index (κ1) is 16.7. The molecule has 1 fully saturated rings. The van der Waals surface area contributed by atoms with Gasteiger partial charge in [-0.3, -0.25) is 14.5 Å². The molecule has 10 heteroatoms. The summed E-state index contributed by atoms with van der Waals surface area (Å²) in [6.45, 7) is 0.624. The zero-order valence-electron chi connectivity index (χ0n) is 11.5. The standard InChI is InChI=1S/C12H14F3N3O3S/c1-6(9(19)17-11-16-2-3-22-11)18-4-7(10(20)21)8(5-18)12(13,14)15/h2-3,6-8H,4-5H2,1H3,(H,20,21)(H,16,17,19)/t6?,7-,8-/m1/s1. The third-order valence-corrected chi connectivity index (χ3v) is 4.36. The Morgan fingerprint density at radius 2 is 2.18 bits per heavy atom. The number of carbonyl (C=O) groups excluding carboxylic acids is 1. The van der Waals surface area contributed by atoms with Crippen LogP contribution in [-0.4, -0.2) is 52.2 Å². The van der Waals surface area contributed by atoms with Crippen LogP contribution in [0.4, 0.5) is 18.3 Å². The Labute approximate surface area is 127 Å². The highest BCUT2D eigenvalue weighted by Crippen LogP contribution is 2.38. The fraction of sp³-hybridized carbons (Fsp3) is 0.583. The Kier molecular flexibility index (Phi) is 4.71. The molecule has 2 heterocycles. The van der Waals surface area contributed by atoms with Gasteiger partial charge in [-0.15, -0.1) is 11.3 Å². The van der Waals surface area contributed by atoms with Crippen molar-refractivity contribution in [1.29, 1.82) is 0 Å². The molecule has 1 aliphatic heterocycles. The van der Waals surface area contributed by atoms with E-state index in [4.69, 9.17) is 5.11 Å². The van der Waals surface area contributed by atoms with E-state index in [0.29, 0.717) is 5.13 Å². The number of amides is 1. The number of halogens is 3. The lowest BCUT2D eigenvalue weighted by atomic mass is 9.96. The second-order valence-electron chi connectivity index (χ2n) is 5.05. The molecule has 2 rings (SSSR count). The van der Waals surface area contributed by atoms with E-state index in [0.717, 1.165) is 0 Å². The smallest absolute Gasteiger partial charge is 0.393 e. The summed E-state index contributed by atoms with van der Waals surface area (Å²) in [5, 5.41) is 13.4. The third-order valence-electron chi connectivity index (χ3n) is 3.68. The van der Waals surface area contributed by atoms with Crippen LogP contribution in [0.25, 0.3) is 0 Å². The number of carboxylic acid groups (broad SMARTS) is 1. The van der Waals surface area contributed by atoms with Gasteiger partial charge in [0, 0.05) is 24.7 Å². The fourth-order valence-electron chi connectivity index (χ4n) is 2.39. The molecule has 0 saturated carbocycles. The molecule has 0 aliphatic carbocycles. The molecule has 1 aromatic rings. The predicted octanol–water partition coefficient (Wildman–Crippen LogP) is 1.67. The van der Waals surface area contributed by atoms with E-state index in [1.807, 2.05) is 0 Å². The molecule has 1 unspecified atom stereocenters. The number of carboxylic acids is 1. The molecule has 122 valence electrons. The van der Waals surface area contributed by atoms with Crippen molar-refractivity contribution in [2.24, 2.45) is 11.8 Å². The molecule has 1 aliphatic rings. The molecule has 0 aromatic carbocycles. The molecule has 6 nitrogen and oxygen atoms in total. The minimum absolute atomic E-state index is 0.314. The number of nitrogens with zero attached hydrogens (tertiary/aromatic N) is 2. The van der Waals surface area contributed by atoms with E-state index in [1.54, 1.807) is 5.38 Å². The van der Waals surface area contributed by atoms with E-state index in [-0.39, 0.29) is 6.54 Å². The van der Waals surface area contributed by atoms with E-state index in [2.05, 4.69) is 10.3 Å². The lowest BCUT2D eigenvalue weighted by Crippen LogP contribution is -2.41. The summed E-state index contributed by atoms with van der Waals surface area (Å²) in [7, 11) is 0. The molecule has 22 heavy (non-hydrogen) atoms. The molecule has 0 bridgehead atoms. The molecule has 0 radical (unpaired) electrons. The van der Waals surface area contributed by atoms with E-state index in [9.17, 15) is 22.8 Å². The first-order chi connectivity index (χ1) is 10.2. The lowest BCUT2D eigenvalue weighted by Gasteiger charge is -2.23. The van der Waals surface area contributed by atoms with Crippen LogP contribution < -0.4 is 5.32 Å². The number of hydrogen-bond donors (Lipinski definition) is 2. The molecule has 2 N–H and O–H groups in total. The molecule has 1 amide bonds. The highest BCUT2D eigenvalue weighted by Gasteiger charge is 2.53. The zero-order valence-corrected chi connectivity index (χ0v) is 12.3. The highest BCUT2D eigenvalue weighted by atomic mass is 32.1. The first-order valence-corrected chi connectivity index (χ1v) is 7.32. The number of hydrogen-bond acceptors (Lipinski definition) is 5. The summed E-state index contributed by atoms with van der Waals surface area (Å²) < 4.78 is 38.7. The second kappa shape index (κ2) is 6.21. The molecule has 0 spiro atoms. The Balaban J connectivity index is 2.06. The van der Waals surface area contributed by atoms with Crippen molar-refractivity contribution in [3.8, 4) is 0 Å². The van der Waals surface area contributed by atoms with Crippen LogP contribution in [0.1, 0.15) is 6.92 Å². The number of aliphatic carboxylic acids is 1. The Morgan fingerprint density at radius 3 is 2.64 bits per heavy atom. The minimum atomic E-state index is -4.61. The number of carbonyl (C=O) groups is 2. The molecule has 1 aromatic heterocycles. The number of alkyl halides is 3. The van der Waals surface area contributed by atoms with Crippen molar-refractivity contribution < 1.29 is 27.9 Å². The van der Waals surface area contributed by atoms with Gasteiger partial charge in [0.25, 0.3) is 0 Å². The van der Waals surface area contributed by atoms with Gasteiger partial charge in [0.05, 0.1) is 17.9 Å². The largest absolute Gasteiger partial charge is 0.481 e. The second-order valence-corrected chi connectivity index (χ2v) is 5.94. The first-order valence-electron chi connectivity index (χ1n) is 6.44. The maximum atomic E-state index is 12.9. The molecule has 1 saturated heterocycles. The zero-order chi connectivity index (χ0) is 16.5. The van der Waals surface area contributed by atoms with Crippen molar-refractivity contribution in [2.45, 2.75) is 19.1 Å². The van der Waals surface area contributed by atoms with Crippen LogP contribution >= 0.6 is 11.3 Å². The van der Waals surface area contributed by atoms with Gasteiger partial charge in [-0.25, -0.2) is 4.98 Å². The van der Waals surface area contributed by atoms with Gasteiger partial charge >= 0.3 is 12.1 Å². The average molecular weight is 337 g/mol. The number of anilines is 1. The highest BCUT2D eigenvalue weighted by molar-refractivity contribution is 7.13. The number of thiazole rings is 1. The normalized spacial score (nSPS) is 24.2. The maximum absolute atomic E-state index is 12.9. The average Bonchev–Trinajstić information content (AvgIpc) is 3.05. The maximum Gasteiger partial charge on any atom is 0.393 e. The summed E-state index contributed by atoms with van der Waals surface area (Å²) in [6.07, 6.45) is -3.12. The van der Waals surface area contributed by atoms with E-state index in [1.165, 1.54) is 29.4 Å². The van der Waals surface area contributed by atoms with Gasteiger partial charge in [-0.1, -0.05) is 0 Å². The van der Waals surface area contributed by atoms with E-state index >= 15 is 0 Å². The van der Waals surface area contributed by atoms with Crippen molar-refractivity contribution >= 4 is 28.3 Å². The van der Waals surface area contributed by atoms with E-state index < -0.39 is 42.5 Å². The van der Waals surface area contributed by atoms with Crippen LogP contribution in [0.3, 0.4) is 0 Å². The van der Waals surface area contributed by atoms with Gasteiger partial charge in [-0.2, -0.15) is 13.2 Å². The number of aromatic nitrogens is 1. The molecular formula is C12H14F3N3O3S. The Bertz CT molecular complexity index is 550. The van der Waals surface area contributed by atoms with Crippen molar-refractivity contribution in [3.05, 3.63) is 11.6 Å². The molecule has 3 atom stereocenters. The lowest BCUT2D eigenvalue weighted by molar-refractivity contribution is -0.188. The van der Waals surface area contributed by atoms with Gasteiger partial charge < -0.3 is 10.4 Å². The minimum Gasteiger partial charge on any atom is -0.481 e. The monoisotopic (exact) mass is 337 g/mol. The van der Waals surface area contributed by atoms with Crippen LogP contribution in [0.15, 0.2) is 11.6 Å². The summed E-state index contributed by atoms with van der Waals surface area (Å²) in [5.74, 6) is -5.55. The topological polar surface area (TPSA) is 82.5 Å². The van der Waals surface area contributed by atoms with Crippen molar-refractivity contribution in [2.75, 3.05) is 18.4 Å². The Hall–Kier alpha value is -1.68. The summed E-state index contributed by atoms with van der Waals surface area (Å²) in [5.41, 5.74) is 0. The van der Waals surface area contributed by atoms with Crippen molar-refractivity contribution in [3.63, 3.8) is 0 Å². The van der Waals surface area contributed by atoms with Crippen LogP contribution in [0, 0.1) is 11.8 Å². The number of nitrogens with one attached hydrogen (secondary N) is 1. The van der Waals surface area contributed by atoms with Crippen molar-refractivity contribution in [1.82, 2.24) is 9.88 Å².